The van der Waals surface area contributed by atoms with Gasteiger partial charge in [-0.15, -0.1) is 0 Å². The van der Waals surface area contributed by atoms with Crippen molar-refractivity contribution in [3.05, 3.63) is 48.4 Å². The van der Waals surface area contributed by atoms with Gasteiger partial charge in [0.15, 0.2) is 0 Å². The fourth-order valence-electron chi connectivity index (χ4n) is 2.60. The van der Waals surface area contributed by atoms with E-state index >= 15 is 0 Å². The van der Waals surface area contributed by atoms with Gasteiger partial charge in [0.1, 0.15) is 16.5 Å². The van der Waals surface area contributed by atoms with Crippen LogP contribution in [0.1, 0.15) is 0 Å². The molecule has 1 fully saturated rings. The van der Waals surface area contributed by atoms with Gasteiger partial charge < -0.3 is 9.80 Å². The first-order valence-corrected chi connectivity index (χ1v) is 8.57. The molecule has 0 bridgehead atoms. The number of nitrogens with zero attached hydrogens (tertiary/aromatic N) is 3. The van der Waals surface area contributed by atoms with Crippen LogP contribution < -0.4 is 9.80 Å². The topological polar surface area (TPSA) is 73.7 Å². The van der Waals surface area contributed by atoms with Gasteiger partial charge in [-0.05, 0) is 24.3 Å². The molecule has 122 valence electrons. The summed E-state index contributed by atoms with van der Waals surface area (Å²) in [5, 5.41) is 0. The minimum Gasteiger partial charge on any atom is -0.366 e. The Morgan fingerprint density at radius 1 is 1.00 bits per heavy atom. The SMILES string of the molecule is O=S(=O)(O)c1ccc(N2CCN(c3ccccc3F)CC2)nc1. The third kappa shape index (κ3) is 3.43. The van der Waals surface area contributed by atoms with E-state index in [0.717, 1.165) is 6.20 Å². The van der Waals surface area contributed by atoms with Gasteiger partial charge in [0.25, 0.3) is 10.1 Å². The monoisotopic (exact) mass is 337 g/mol. The number of rotatable bonds is 3. The molecule has 8 heteroatoms. The molecule has 1 N–H and O–H groups in total. The summed E-state index contributed by atoms with van der Waals surface area (Å²) in [5.41, 5.74) is 0.585. The van der Waals surface area contributed by atoms with E-state index in [1.165, 1.54) is 12.1 Å². The van der Waals surface area contributed by atoms with Gasteiger partial charge in [-0.1, -0.05) is 12.1 Å². The van der Waals surface area contributed by atoms with Crippen molar-refractivity contribution in [2.24, 2.45) is 0 Å². The van der Waals surface area contributed by atoms with Crippen molar-refractivity contribution in [3.63, 3.8) is 0 Å². The summed E-state index contributed by atoms with van der Waals surface area (Å²) in [5.74, 6) is 0.391. The molecule has 0 unspecified atom stereocenters. The summed E-state index contributed by atoms with van der Waals surface area (Å²) in [4.78, 5) is 7.81. The van der Waals surface area contributed by atoms with E-state index in [2.05, 4.69) is 4.98 Å². The quantitative estimate of drug-likeness (QED) is 0.861. The molecular formula is C15H16FN3O3S. The van der Waals surface area contributed by atoms with Crippen LogP contribution in [-0.2, 0) is 10.1 Å². The zero-order valence-electron chi connectivity index (χ0n) is 12.3. The molecule has 1 aromatic heterocycles. The van der Waals surface area contributed by atoms with Crippen LogP contribution in [0.4, 0.5) is 15.9 Å². The predicted molar refractivity (Wildman–Crippen MR) is 84.9 cm³/mol. The van der Waals surface area contributed by atoms with Gasteiger partial charge in [-0.2, -0.15) is 8.42 Å². The standard InChI is InChI=1S/C15H16FN3O3S/c16-13-3-1-2-4-14(13)18-7-9-19(10-8-18)15-6-5-12(11-17-15)23(20,21)22/h1-6,11H,7-10H2,(H,20,21,22). The number of anilines is 2. The highest BCUT2D eigenvalue weighted by atomic mass is 32.2. The largest absolute Gasteiger partial charge is 0.366 e. The van der Waals surface area contributed by atoms with Crippen LogP contribution in [-0.4, -0.2) is 44.1 Å². The van der Waals surface area contributed by atoms with Gasteiger partial charge in [0.05, 0.1) is 11.9 Å². The van der Waals surface area contributed by atoms with Crippen molar-refractivity contribution in [1.29, 1.82) is 0 Å². The fraction of sp³-hybridized carbons (Fsp3) is 0.267. The van der Waals surface area contributed by atoms with Crippen molar-refractivity contribution in [3.8, 4) is 0 Å². The summed E-state index contributed by atoms with van der Waals surface area (Å²) in [6, 6.07) is 9.54. The highest BCUT2D eigenvalue weighted by Gasteiger charge is 2.20. The predicted octanol–water partition coefficient (Wildman–Crippen LogP) is 1.79. The first kappa shape index (κ1) is 15.7. The summed E-state index contributed by atoms with van der Waals surface area (Å²) >= 11 is 0. The molecule has 2 aromatic rings. The van der Waals surface area contributed by atoms with Gasteiger partial charge in [0.2, 0.25) is 0 Å². The average molecular weight is 337 g/mol. The van der Waals surface area contributed by atoms with E-state index in [9.17, 15) is 12.8 Å². The molecule has 0 spiro atoms. The van der Waals surface area contributed by atoms with E-state index in [0.29, 0.717) is 37.7 Å². The lowest BCUT2D eigenvalue weighted by molar-refractivity contribution is 0.482. The maximum atomic E-state index is 13.8. The fourth-order valence-corrected chi connectivity index (χ4v) is 3.02. The van der Waals surface area contributed by atoms with Crippen molar-refractivity contribution in [2.45, 2.75) is 4.90 Å². The minimum absolute atomic E-state index is 0.230. The highest BCUT2D eigenvalue weighted by molar-refractivity contribution is 7.85. The minimum atomic E-state index is -4.23. The van der Waals surface area contributed by atoms with Gasteiger partial charge >= 0.3 is 0 Å². The Hall–Kier alpha value is -2.19. The second-order valence-electron chi connectivity index (χ2n) is 5.25. The zero-order valence-corrected chi connectivity index (χ0v) is 13.1. The molecule has 0 aliphatic carbocycles. The van der Waals surface area contributed by atoms with Crippen LogP contribution in [0.3, 0.4) is 0 Å². The molecule has 0 saturated carbocycles. The first-order valence-electron chi connectivity index (χ1n) is 7.13. The maximum Gasteiger partial charge on any atom is 0.296 e. The molecule has 0 amide bonds. The molecule has 23 heavy (non-hydrogen) atoms. The van der Waals surface area contributed by atoms with Crippen LogP contribution in [0.2, 0.25) is 0 Å². The molecule has 1 aliphatic heterocycles. The Balaban J connectivity index is 1.68. The van der Waals surface area contributed by atoms with Crippen LogP contribution in [0, 0.1) is 5.82 Å². The van der Waals surface area contributed by atoms with Gasteiger partial charge in [-0.25, -0.2) is 9.37 Å². The van der Waals surface area contributed by atoms with Gasteiger partial charge in [0, 0.05) is 26.2 Å². The number of pyridine rings is 1. The average Bonchev–Trinajstić information content (AvgIpc) is 2.55. The number of halogens is 1. The van der Waals surface area contributed by atoms with E-state index in [1.807, 2.05) is 9.80 Å². The lowest BCUT2D eigenvalue weighted by Gasteiger charge is -2.36. The highest BCUT2D eigenvalue weighted by Crippen LogP contribution is 2.22. The van der Waals surface area contributed by atoms with Crippen molar-refractivity contribution < 1.29 is 17.4 Å². The summed E-state index contributed by atoms with van der Waals surface area (Å²) in [6.45, 7) is 2.57. The Morgan fingerprint density at radius 2 is 1.65 bits per heavy atom. The van der Waals surface area contributed by atoms with E-state index < -0.39 is 10.1 Å². The van der Waals surface area contributed by atoms with Crippen LogP contribution in [0.5, 0.6) is 0 Å². The molecule has 2 heterocycles. The molecule has 3 rings (SSSR count). The number of aromatic nitrogens is 1. The number of para-hydroxylation sites is 1. The molecular weight excluding hydrogens is 321 g/mol. The number of benzene rings is 1. The van der Waals surface area contributed by atoms with Crippen LogP contribution in [0.15, 0.2) is 47.5 Å². The summed E-state index contributed by atoms with van der Waals surface area (Å²) in [7, 11) is -4.23. The molecule has 1 saturated heterocycles. The lowest BCUT2D eigenvalue weighted by atomic mass is 10.2. The Bertz CT molecular complexity index is 788. The molecule has 1 aromatic carbocycles. The first-order chi connectivity index (χ1) is 10.9. The second-order valence-corrected chi connectivity index (χ2v) is 6.67. The number of hydrogen-bond donors (Lipinski definition) is 1. The molecule has 6 nitrogen and oxygen atoms in total. The third-order valence-corrected chi connectivity index (χ3v) is 4.65. The Kier molecular flexibility index (Phi) is 4.18. The molecule has 0 atom stereocenters. The Labute approximate surface area is 133 Å². The summed E-state index contributed by atoms with van der Waals surface area (Å²) < 4.78 is 44.8. The van der Waals surface area contributed by atoms with Crippen molar-refractivity contribution >= 4 is 21.6 Å². The maximum absolute atomic E-state index is 13.8. The second kappa shape index (κ2) is 6.13. The number of hydrogen-bond acceptors (Lipinski definition) is 5. The normalized spacial score (nSPS) is 15.7. The van der Waals surface area contributed by atoms with E-state index in [-0.39, 0.29) is 10.7 Å². The Morgan fingerprint density at radius 3 is 2.22 bits per heavy atom. The number of piperazine rings is 1. The van der Waals surface area contributed by atoms with E-state index in [1.54, 1.807) is 24.3 Å². The van der Waals surface area contributed by atoms with E-state index in [4.69, 9.17) is 4.55 Å². The zero-order chi connectivity index (χ0) is 16.4. The smallest absolute Gasteiger partial charge is 0.296 e. The van der Waals surface area contributed by atoms with Crippen molar-refractivity contribution in [2.75, 3.05) is 36.0 Å². The van der Waals surface area contributed by atoms with Crippen LogP contribution >= 0.6 is 0 Å². The molecule has 1 aliphatic rings. The van der Waals surface area contributed by atoms with Crippen molar-refractivity contribution in [1.82, 2.24) is 4.98 Å². The summed E-state index contributed by atoms with van der Waals surface area (Å²) in [6.07, 6.45) is 1.13. The lowest BCUT2D eigenvalue weighted by Crippen LogP contribution is -2.47. The van der Waals surface area contributed by atoms with Gasteiger partial charge in [-0.3, -0.25) is 4.55 Å². The molecule has 0 radical (unpaired) electrons. The third-order valence-electron chi connectivity index (χ3n) is 3.82. The van der Waals surface area contributed by atoms with Crippen LogP contribution in [0.25, 0.3) is 0 Å².